The molecule has 0 unspecified atom stereocenters. The molecule has 0 bridgehead atoms. The van der Waals surface area contributed by atoms with Crippen molar-refractivity contribution in [3.63, 3.8) is 0 Å². The van der Waals surface area contributed by atoms with Gasteiger partial charge in [-0.1, -0.05) is 36.4 Å². The molecule has 0 spiro atoms. The number of hydrogen-bond donors (Lipinski definition) is 1. The van der Waals surface area contributed by atoms with Crippen molar-refractivity contribution in [2.45, 2.75) is 19.6 Å². The second-order valence-electron chi connectivity index (χ2n) is 7.33. The summed E-state index contributed by atoms with van der Waals surface area (Å²) < 4.78 is 9.37. The summed E-state index contributed by atoms with van der Waals surface area (Å²) in [7, 11) is 2.09. The molecule has 1 N–H and O–H groups in total. The quantitative estimate of drug-likeness (QED) is 0.586. The number of hydrogen-bond acceptors (Lipinski definition) is 4. The molecule has 3 heterocycles. The van der Waals surface area contributed by atoms with Crippen molar-refractivity contribution in [2.75, 3.05) is 6.54 Å². The van der Waals surface area contributed by atoms with E-state index in [0.29, 0.717) is 12.4 Å². The number of ether oxygens (including phenoxy) is 1. The molecular formula is C23H22N4O2. The predicted octanol–water partition coefficient (Wildman–Crippen LogP) is 2.95. The smallest absolute Gasteiger partial charge is 0.275 e. The Bertz CT molecular complexity index is 1240. The molecule has 4 aromatic rings. The summed E-state index contributed by atoms with van der Waals surface area (Å²) >= 11 is 0. The minimum absolute atomic E-state index is 0.212. The number of nitrogens with one attached hydrogen (secondary N) is 1. The van der Waals surface area contributed by atoms with Crippen molar-refractivity contribution < 1.29 is 4.74 Å². The van der Waals surface area contributed by atoms with E-state index >= 15 is 0 Å². The zero-order valence-electron chi connectivity index (χ0n) is 16.3. The van der Waals surface area contributed by atoms with E-state index in [-0.39, 0.29) is 5.56 Å². The lowest BCUT2D eigenvalue weighted by molar-refractivity contribution is 0.303. The highest BCUT2D eigenvalue weighted by molar-refractivity contribution is 5.87. The standard InChI is InChI=1S/C23H22N4O2/c1-26-21-9-10-24-14-20(21)19-8-7-17(11-22(19)26)27-23(28)12-18(13-25-27)29-15-16-5-3-2-4-6-16/h2-8,11-13,24H,9-10,14-15H2,1H3. The Kier molecular flexibility index (Phi) is 4.41. The van der Waals surface area contributed by atoms with Gasteiger partial charge in [-0.15, -0.1) is 0 Å². The fourth-order valence-corrected chi connectivity index (χ4v) is 4.03. The largest absolute Gasteiger partial charge is 0.487 e. The van der Waals surface area contributed by atoms with Crippen LogP contribution < -0.4 is 15.6 Å². The molecule has 1 aliphatic heterocycles. The zero-order chi connectivity index (χ0) is 19.8. The second kappa shape index (κ2) is 7.22. The summed E-state index contributed by atoms with van der Waals surface area (Å²) in [5, 5.41) is 9.00. The van der Waals surface area contributed by atoms with Crippen LogP contribution in [0, 0.1) is 0 Å². The Hall–Kier alpha value is -3.38. The van der Waals surface area contributed by atoms with Crippen molar-refractivity contribution in [1.82, 2.24) is 19.7 Å². The van der Waals surface area contributed by atoms with Crippen LogP contribution in [0.4, 0.5) is 0 Å². The number of aryl methyl sites for hydroxylation is 1. The molecule has 0 amide bonds. The Morgan fingerprint density at radius 1 is 1.14 bits per heavy atom. The Labute approximate surface area is 168 Å². The Morgan fingerprint density at radius 2 is 2.00 bits per heavy atom. The molecule has 0 saturated heterocycles. The average Bonchev–Trinajstić information content (AvgIpc) is 3.05. The van der Waals surface area contributed by atoms with Gasteiger partial charge in [0.1, 0.15) is 12.4 Å². The average molecular weight is 386 g/mol. The van der Waals surface area contributed by atoms with E-state index in [1.807, 2.05) is 42.5 Å². The highest BCUT2D eigenvalue weighted by Gasteiger charge is 2.18. The molecule has 6 nitrogen and oxygen atoms in total. The van der Waals surface area contributed by atoms with Crippen LogP contribution in [0.3, 0.4) is 0 Å². The molecule has 6 heteroatoms. The van der Waals surface area contributed by atoms with Gasteiger partial charge in [-0.25, -0.2) is 0 Å². The first kappa shape index (κ1) is 17.7. The maximum Gasteiger partial charge on any atom is 0.275 e. The molecule has 0 fully saturated rings. The maximum absolute atomic E-state index is 12.7. The molecule has 1 aliphatic rings. The predicted molar refractivity (Wildman–Crippen MR) is 112 cm³/mol. The van der Waals surface area contributed by atoms with E-state index in [1.54, 1.807) is 6.20 Å². The minimum atomic E-state index is -0.212. The lowest BCUT2D eigenvalue weighted by Crippen LogP contribution is -2.24. The third-order valence-electron chi connectivity index (χ3n) is 5.53. The van der Waals surface area contributed by atoms with Crippen molar-refractivity contribution in [3.05, 3.63) is 88.0 Å². The molecule has 2 aromatic carbocycles. The van der Waals surface area contributed by atoms with Crippen LogP contribution in [0.2, 0.25) is 0 Å². The molecular weight excluding hydrogens is 364 g/mol. The lowest BCUT2D eigenvalue weighted by atomic mass is 10.1. The molecule has 0 radical (unpaired) electrons. The number of benzene rings is 2. The van der Waals surface area contributed by atoms with E-state index in [2.05, 4.69) is 28.1 Å². The first-order valence-corrected chi connectivity index (χ1v) is 9.78. The maximum atomic E-state index is 12.7. The number of rotatable bonds is 4. The summed E-state index contributed by atoms with van der Waals surface area (Å²) in [4.78, 5) is 12.7. The van der Waals surface area contributed by atoms with Crippen LogP contribution in [0.1, 0.15) is 16.8 Å². The summed E-state index contributed by atoms with van der Waals surface area (Å²) in [6.07, 6.45) is 2.61. The highest BCUT2D eigenvalue weighted by Crippen LogP contribution is 2.29. The van der Waals surface area contributed by atoms with Gasteiger partial charge in [-0.05, 0) is 23.3 Å². The number of nitrogens with zero attached hydrogens (tertiary/aromatic N) is 3. The van der Waals surface area contributed by atoms with Gasteiger partial charge >= 0.3 is 0 Å². The van der Waals surface area contributed by atoms with Gasteiger partial charge in [-0.2, -0.15) is 9.78 Å². The Balaban J connectivity index is 1.45. The normalized spacial score (nSPS) is 13.4. The van der Waals surface area contributed by atoms with Gasteiger partial charge in [0.05, 0.1) is 17.4 Å². The van der Waals surface area contributed by atoms with Crippen molar-refractivity contribution in [1.29, 1.82) is 0 Å². The summed E-state index contributed by atoms with van der Waals surface area (Å²) in [5.74, 6) is 0.469. The van der Waals surface area contributed by atoms with Gasteiger partial charge in [0, 0.05) is 43.7 Å². The van der Waals surface area contributed by atoms with Crippen molar-refractivity contribution >= 4 is 10.9 Å². The fourth-order valence-electron chi connectivity index (χ4n) is 4.03. The van der Waals surface area contributed by atoms with Crippen LogP contribution in [-0.4, -0.2) is 20.9 Å². The van der Waals surface area contributed by atoms with Gasteiger partial charge in [0.15, 0.2) is 0 Å². The molecule has 0 saturated carbocycles. The molecule has 0 aliphatic carbocycles. The summed E-state index contributed by atoms with van der Waals surface area (Å²) in [6.45, 7) is 2.29. The van der Waals surface area contributed by atoms with Gasteiger partial charge < -0.3 is 14.6 Å². The molecule has 5 rings (SSSR count). The van der Waals surface area contributed by atoms with E-state index in [9.17, 15) is 4.79 Å². The van der Waals surface area contributed by atoms with Crippen LogP contribution in [0.15, 0.2) is 65.6 Å². The van der Waals surface area contributed by atoms with Crippen molar-refractivity contribution in [2.24, 2.45) is 7.05 Å². The molecule has 2 aromatic heterocycles. The molecule has 146 valence electrons. The van der Waals surface area contributed by atoms with Crippen LogP contribution >= 0.6 is 0 Å². The first-order valence-electron chi connectivity index (χ1n) is 9.78. The first-order chi connectivity index (χ1) is 14.2. The Morgan fingerprint density at radius 3 is 2.83 bits per heavy atom. The highest BCUT2D eigenvalue weighted by atomic mass is 16.5. The monoisotopic (exact) mass is 386 g/mol. The van der Waals surface area contributed by atoms with E-state index in [1.165, 1.54) is 27.4 Å². The van der Waals surface area contributed by atoms with E-state index < -0.39 is 0 Å². The topological polar surface area (TPSA) is 61.1 Å². The van der Waals surface area contributed by atoms with Gasteiger partial charge in [-0.3, -0.25) is 4.79 Å². The third-order valence-corrected chi connectivity index (χ3v) is 5.53. The summed E-state index contributed by atoms with van der Waals surface area (Å²) in [6, 6.07) is 17.4. The summed E-state index contributed by atoms with van der Waals surface area (Å²) in [5.41, 5.74) is 5.42. The second-order valence-corrected chi connectivity index (χ2v) is 7.33. The third kappa shape index (κ3) is 3.21. The molecule has 0 atom stereocenters. The van der Waals surface area contributed by atoms with E-state index in [0.717, 1.165) is 36.3 Å². The zero-order valence-corrected chi connectivity index (χ0v) is 16.3. The van der Waals surface area contributed by atoms with Crippen LogP contribution in [0.5, 0.6) is 5.75 Å². The lowest BCUT2D eigenvalue weighted by Gasteiger charge is -2.14. The van der Waals surface area contributed by atoms with Crippen LogP contribution in [-0.2, 0) is 26.6 Å². The fraction of sp³-hybridized carbons (Fsp3) is 0.217. The van der Waals surface area contributed by atoms with Gasteiger partial charge in [0.2, 0.25) is 0 Å². The number of aromatic nitrogens is 3. The minimum Gasteiger partial charge on any atom is -0.487 e. The van der Waals surface area contributed by atoms with Gasteiger partial charge in [0.25, 0.3) is 5.56 Å². The molecule has 29 heavy (non-hydrogen) atoms. The number of fused-ring (bicyclic) bond motifs is 3. The van der Waals surface area contributed by atoms with Crippen molar-refractivity contribution in [3.8, 4) is 11.4 Å². The van der Waals surface area contributed by atoms with Crippen LogP contribution in [0.25, 0.3) is 16.6 Å². The SMILES string of the molecule is Cn1c2c(c3ccc(-n4ncc(OCc5ccccc5)cc4=O)cc31)CNCC2. The van der Waals surface area contributed by atoms with E-state index in [4.69, 9.17) is 4.74 Å².